The van der Waals surface area contributed by atoms with Crippen LogP contribution < -0.4 is 14.4 Å². The van der Waals surface area contributed by atoms with Gasteiger partial charge in [0.05, 0.1) is 24.1 Å². The summed E-state index contributed by atoms with van der Waals surface area (Å²) in [7, 11) is -3.62. The molecule has 0 heterocycles. The molecule has 0 fully saturated rings. The van der Waals surface area contributed by atoms with Gasteiger partial charge in [-0.3, -0.25) is 9.10 Å². The fraction of sp³-hybridized carbons (Fsp3) is 0.350. The number of benzene rings is 2. The Morgan fingerprint density at radius 2 is 1.63 bits per heavy atom. The van der Waals surface area contributed by atoms with Crippen LogP contribution >= 0.6 is 0 Å². The van der Waals surface area contributed by atoms with Crippen LogP contribution in [0.25, 0.3) is 0 Å². The second kappa shape index (κ2) is 8.90. The topological polar surface area (TPSA) is 75.7 Å². The Morgan fingerprint density at radius 1 is 1.04 bits per heavy atom. The van der Waals surface area contributed by atoms with Crippen LogP contribution in [0.15, 0.2) is 54.6 Å². The van der Waals surface area contributed by atoms with E-state index in [1.54, 1.807) is 24.3 Å². The SMILES string of the molecule is CC(C)Oc1ccc(N(CC(=O)N[C@H](C)c2ccccc2)S(C)(=O)=O)cc1. The van der Waals surface area contributed by atoms with E-state index in [4.69, 9.17) is 4.74 Å². The van der Waals surface area contributed by atoms with Crippen LogP contribution in [-0.2, 0) is 14.8 Å². The van der Waals surface area contributed by atoms with Gasteiger partial charge in [0.1, 0.15) is 12.3 Å². The quantitative estimate of drug-likeness (QED) is 0.751. The van der Waals surface area contributed by atoms with Crippen molar-refractivity contribution in [3.05, 3.63) is 60.2 Å². The van der Waals surface area contributed by atoms with Crippen molar-refractivity contribution >= 4 is 21.6 Å². The summed E-state index contributed by atoms with van der Waals surface area (Å²) in [5.74, 6) is 0.267. The van der Waals surface area contributed by atoms with E-state index in [9.17, 15) is 13.2 Å². The van der Waals surface area contributed by atoms with Gasteiger partial charge >= 0.3 is 0 Å². The molecule has 6 nitrogen and oxygen atoms in total. The lowest BCUT2D eigenvalue weighted by atomic mass is 10.1. The Hall–Kier alpha value is -2.54. The average molecular weight is 391 g/mol. The third-order valence-corrected chi connectivity index (χ3v) is 5.00. The van der Waals surface area contributed by atoms with Gasteiger partial charge in [0.2, 0.25) is 15.9 Å². The highest BCUT2D eigenvalue weighted by molar-refractivity contribution is 7.92. The van der Waals surface area contributed by atoms with Crippen molar-refractivity contribution in [2.45, 2.75) is 32.9 Å². The maximum Gasteiger partial charge on any atom is 0.241 e. The van der Waals surface area contributed by atoms with Gasteiger partial charge in [0.25, 0.3) is 0 Å². The number of hydrogen-bond donors (Lipinski definition) is 1. The molecule has 0 saturated heterocycles. The van der Waals surface area contributed by atoms with Crippen molar-refractivity contribution in [2.24, 2.45) is 0 Å². The number of rotatable bonds is 8. The van der Waals surface area contributed by atoms with E-state index in [1.807, 2.05) is 51.1 Å². The second-order valence-electron chi connectivity index (χ2n) is 6.63. The molecule has 0 spiro atoms. The second-order valence-corrected chi connectivity index (χ2v) is 8.54. The summed E-state index contributed by atoms with van der Waals surface area (Å²) in [4.78, 5) is 12.4. The highest BCUT2D eigenvalue weighted by Gasteiger charge is 2.22. The van der Waals surface area contributed by atoms with E-state index in [-0.39, 0.29) is 24.6 Å². The highest BCUT2D eigenvalue weighted by atomic mass is 32.2. The van der Waals surface area contributed by atoms with Gasteiger partial charge in [0, 0.05) is 0 Å². The highest BCUT2D eigenvalue weighted by Crippen LogP contribution is 2.22. The number of nitrogens with one attached hydrogen (secondary N) is 1. The first-order valence-electron chi connectivity index (χ1n) is 8.75. The van der Waals surface area contributed by atoms with E-state index in [0.29, 0.717) is 11.4 Å². The molecule has 2 aromatic rings. The summed E-state index contributed by atoms with van der Waals surface area (Å²) in [6.07, 6.45) is 1.10. The molecule has 0 aromatic heterocycles. The van der Waals surface area contributed by atoms with Crippen molar-refractivity contribution in [1.29, 1.82) is 0 Å². The molecule has 0 aliphatic carbocycles. The van der Waals surface area contributed by atoms with Crippen molar-refractivity contribution in [2.75, 3.05) is 17.1 Å². The monoisotopic (exact) mass is 390 g/mol. The molecular weight excluding hydrogens is 364 g/mol. The van der Waals surface area contributed by atoms with E-state index in [2.05, 4.69) is 5.32 Å². The van der Waals surface area contributed by atoms with E-state index >= 15 is 0 Å². The molecule has 1 atom stereocenters. The van der Waals surface area contributed by atoms with Crippen LogP contribution in [-0.4, -0.2) is 33.2 Å². The van der Waals surface area contributed by atoms with Crippen LogP contribution in [0.3, 0.4) is 0 Å². The third-order valence-electron chi connectivity index (χ3n) is 3.86. The molecule has 0 aliphatic rings. The molecule has 0 bridgehead atoms. The Bertz CT molecular complexity index is 849. The molecule has 2 rings (SSSR count). The summed E-state index contributed by atoms with van der Waals surface area (Å²) in [5, 5.41) is 2.84. The number of nitrogens with zero attached hydrogens (tertiary/aromatic N) is 1. The molecule has 1 N–H and O–H groups in total. The first-order chi connectivity index (χ1) is 12.7. The summed E-state index contributed by atoms with van der Waals surface area (Å²) >= 11 is 0. The average Bonchev–Trinajstić information content (AvgIpc) is 2.60. The van der Waals surface area contributed by atoms with Crippen LogP contribution in [0.1, 0.15) is 32.4 Å². The van der Waals surface area contributed by atoms with Crippen molar-refractivity contribution in [1.82, 2.24) is 5.32 Å². The maximum atomic E-state index is 12.4. The molecule has 0 aliphatic heterocycles. The summed E-state index contributed by atoms with van der Waals surface area (Å²) < 4.78 is 31.1. The van der Waals surface area contributed by atoms with Crippen molar-refractivity contribution < 1.29 is 17.9 Å². The largest absolute Gasteiger partial charge is 0.491 e. The minimum absolute atomic E-state index is 0.0205. The number of anilines is 1. The fourth-order valence-electron chi connectivity index (χ4n) is 2.61. The minimum atomic E-state index is -3.62. The lowest BCUT2D eigenvalue weighted by Crippen LogP contribution is -2.41. The Balaban J connectivity index is 2.11. The molecule has 1 amide bonds. The number of hydrogen-bond acceptors (Lipinski definition) is 4. The lowest BCUT2D eigenvalue weighted by Gasteiger charge is -2.23. The predicted molar refractivity (Wildman–Crippen MR) is 107 cm³/mol. The first-order valence-corrected chi connectivity index (χ1v) is 10.6. The van der Waals surface area contributed by atoms with Crippen molar-refractivity contribution in [3.63, 3.8) is 0 Å². The number of ether oxygens (including phenoxy) is 1. The van der Waals surface area contributed by atoms with Gasteiger partial charge in [-0.25, -0.2) is 8.42 Å². The predicted octanol–water partition coefficient (Wildman–Crippen LogP) is 3.12. The van der Waals surface area contributed by atoms with E-state index in [1.165, 1.54) is 0 Å². The van der Waals surface area contributed by atoms with Crippen LogP contribution in [0.2, 0.25) is 0 Å². The standard InChI is InChI=1S/C20H26N2O4S/c1-15(2)26-19-12-10-18(11-13-19)22(27(4,24)25)14-20(23)21-16(3)17-8-6-5-7-9-17/h5-13,15-16H,14H2,1-4H3,(H,21,23)/t16-/m1/s1. The van der Waals surface area contributed by atoms with Crippen LogP contribution in [0.4, 0.5) is 5.69 Å². The normalized spacial score (nSPS) is 12.5. The summed E-state index contributed by atoms with van der Waals surface area (Å²) in [6, 6.07) is 15.9. The van der Waals surface area contributed by atoms with Gasteiger partial charge in [-0.2, -0.15) is 0 Å². The zero-order chi connectivity index (χ0) is 20.0. The van der Waals surface area contributed by atoms with E-state index < -0.39 is 10.0 Å². The molecule has 146 valence electrons. The lowest BCUT2D eigenvalue weighted by molar-refractivity contribution is -0.120. The Labute approximate surface area is 161 Å². The number of carbonyl (C=O) groups is 1. The molecule has 2 aromatic carbocycles. The van der Waals surface area contributed by atoms with E-state index in [0.717, 1.165) is 16.1 Å². The van der Waals surface area contributed by atoms with Crippen LogP contribution in [0.5, 0.6) is 5.75 Å². The zero-order valence-electron chi connectivity index (χ0n) is 16.0. The molecule has 0 saturated carbocycles. The van der Waals surface area contributed by atoms with Gasteiger partial charge in [-0.05, 0) is 50.6 Å². The Morgan fingerprint density at radius 3 is 2.15 bits per heavy atom. The van der Waals surface area contributed by atoms with Gasteiger partial charge < -0.3 is 10.1 Å². The van der Waals surface area contributed by atoms with Gasteiger partial charge in [-0.15, -0.1) is 0 Å². The molecule has 0 unspecified atom stereocenters. The minimum Gasteiger partial charge on any atom is -0.491 e. The summed E-state index contributed by atoms with van der Waals surface area (Å²) in [5.41, 5.74) is 1.36. The summed E-state index contributed by atoms with van der Waals surface area (Å²) in [6.45, 7) is 5.39. The number of sulfonamides is 1. The molecule has 0 radical (unpaired) electrons. The van der Waals surface area contributed by atoms with Crippen LogP contribution in [0, 0.1) is 0 Å². The maximum absolute atomic E-state index is 12.4. The molecular formula is C20H26N2O4S. The Kier molecular flexibility index (Phi) is 6.85. The number of carbonyl (C=O) groups excluding carboxylic acids is 1. The fourth-order valence-corrected chi connectivity index (χ4v) is 3.46. The van der Waals surface area contributed by atoms with Gasteiger partial charge in [0.15, 0.2) is 0 Å². The molecule has 27 heavy (non-hydrogen) atoms. The third kappa shape index (κ3) is 6.29. The number of amides is 1. The molecule has 7 heteroatoms. The van der Waals surface area contributed by atoms with Gasteiger partial charge in [-0.1, -0.05) is 30.3 Å². The smallest absolute Gasteiger partial charge is 0.241 e. The van der Waals surface area contributed by atoms with Crippen molar-refractivity contribution in [3.8, 4) is 5.75 Å². The first kappa shape index (κ1) is 20.8. The zero-order valence-corrected chi connectivity index (χ0v) is 16.9.